The molecule has 1 aliphatic rings. The summed E-state index contributed by atoms with van der Waals surface area (Å²) in [5.41, 5.74) is 7.02. The standard InChI is InChI=1S/C13H17BrFN/c1-13(8-16,10-2-3-10)7-9-6-11(15)4-5-12(9)14/h4-6,10H,2-3,7-8,16H2,1H3. The zero-order chi connectivity index (χ0) is 11.8. The van der Waals surface area contributed by atoms with Crippen molar-refractivity contribution in [3.05, 3.63) is 34.1 Å². The topological polar surface area (TPSA) is 26.0 Å². The van der Waals surface area contributed by atoms with Crippen LogP contribution in [0.1, 0.15) is 25.3 Å². The molecule has 0 saturated heterocycles. The Morgan fingerprint density at radius 3 is 2.75 bits per heavy atom. The molecule has 1 aromatic carbocycles. The summed E-state index contributed by atoms with van der Waals surface area (Å²) in [6, 6.07) is 4.86. The highest BCUT2D eigenvalue weighted by Gasteiger charge is 2.40. The van der Waals surface area contributed by atoms with Crippen LogP contribution >= 0.6 is 15.9 Å². The van der Waals surface area contributed by atoms with Gasteiger partial charge in [0, 0.05) is 4.47 Å². The van der Waals surface area contributed by atoms with Gasteiger partial charge in [-0.3, -0.25) is 0 Å². The average Bonchev–Trinajstić information content (AvgIpc) is 3.07. The van der Waals surface area contributed by atoms with Gasteiger partial charge in [0.15, 0.2) is 0 Å². The van der Waals surface area contributed by atoms with Crippen molar-refractivity contribution >= 4 is 15.9 Å². The van der Waals surface area contributed by atoms with E-state index in [1.54, 1.807) is 12.1 Å². The summed E-state index contributed by atoms with van der Waals surface area (Å²) in [5.74, 6) is 0.543. The summed E-state index contributed by atoms with van der Waals surface area (Å²) < 4.78 is 14.2. The smallest absolute Gasteiger partial charge is 0.123 e. The lowest BCUT2D eigenvalue weighted by Gasteiger charge is -2.28. The maximum absolute atomic E-state index is 13.2. The van der Waals surface area contributed by atoms with Crippen LogP contribution in [0.25, 0.3) is 0 Å². The Balaban J connectivity index is 2.21. The quantitative estimate of drug-likeness (QED) is 0.900. The first-order valence-corrected chi connectivity index (χ1v) is 6.48. The monoisotopic (exact) mass is 285 g/mol. The normalized spacial score (nSPS) is 19.5. The summed E-state index contributed by atoms with van der Waals surface area (Å²) in [6.45, 7) is 2.88. The number of hydrogen-bond donors (Lipinski definition) is 1. The molecule has 0 aromatic heterocycles. The van der Waals surface area contributed by atoms with Crippen molar-refractivity contribution in [3.63, 3.8) is 0 Å². The summed E-state index contributed by atoms with van der Waals surface area (Å²) in [7, 11) is 0. The minimum Gasteiger partial charge on any atom is -0.330 e. The van der Waals surface area contributed by atoms with Crippen LogP contribution in [-0.2, 0) is 6.42 Å². The van der Waals surface area contributed by atoms with Gasteiger partial charge in [-0.1, -0.05) is 22.9 Å². The molecule has 0 heterocycles. The highest BCUT2D eigenvalue weighted by Crippen LogP contribution is 2.47. The van der Waals surface area contributed by atoms with Gasteiger partial charge in [0.1, 0.15) is 5.82 Å². The van der Waals surface area contributed by atoms with Crippen molar-refractivity contribution < 1.29 is 4.39 Å². The zero-order valence-electron chi connectivity index (χ0n) is 9.47. The third kappa shape index (κ3) is 2.46. The molecule has 1 atom stereocenters. The largest absolute Gasteiger partial charge is 0.330 e. The molecule has 16 heavy (non-hydrogen) atoms. The summed E-state index contributed by atoms with van der Waals surface area (Å²) in [4.78, 5) is 0. The molecule has 0 spiro atoms. The van der Waals surface area contributed by atoms with E-state index in [9.17, 15) is 4.39 Å². The molecule has 1 unspecified atom stereocenters. The van der Waals surface area contributed by atoms with Gasteiger partial charge in [0.05, 0.1) is 0 Å². The molecule has 2 N–H and O–H groups in total. The fourth-order valence-corrected chi connectivity index (χ4v) is 2.66. The van der Waals surface area contributed by atoms with E-state index in [2.05, 4.69) is 22.9 Å². The predicted molar refractivity (Wildman–Crippen MR) is 67.7 cm³/mol. The molecular formula is C13H17BrFN. The first-order valence-electron chi connectivity index (χ1n) is 5.69. The Hall–Kier alpha value is -0.410. The van der Waals surface area contributed by atoms with Gasteiger partial charge in [-0.2, -0.15) is 0 Å². The molecule has 1 saturated carbocycles. The molecule has 2 rings (SSSR count). The van der Waals surface area contributed by atoms with Gasteiger partial charge < -0.3 is 5.73 Å². The van der Waals surface area contributed by atoms with Crippen molar-refractivity contribution in [2.45, 2.75) is 26.2 Å². The van der Waals surface area contributed by atoms with Crippen molar-refractivity contribution in [2.75, 3.05) is 6.54 Å². The fourth-order valence-electron chi connectivity index (χ4n) is 2.28. The van der Waals surface area contributed by atoms with Gasteiger partial charge in [-0.05, 0) is 60.9 Å². The molecule has 0 bridgehead atoms. The first kappa shape index (κ1) is 12.1. The van der Waals surface area contributed by atoms with Crippen LogP contribution < -0.4 is 5.73 Å². The van der Waals surface area contributed by atoms with E-state index in [0.717, 1.165) is 16.5 Å². The lowest BCUT2D eigenvalue weighted by Crippen LogP contribution is -2.32. The second-order valence-corrected chi connectivity index (χ2v) is 5.90. The lowest BCUT2D eigenvalue weighted by atomic mass is 9.79. The van der Waals surface area contributed by atoms with E-state index >= 15 is 0 Å². The van der Waals surface area contributed by atoms with Crippen LogP contribution in [0.3, 0.4) is 0 Å². The van der Waals surface area contributed by atoms with Crippen LogP contribution in [0.5, 0.6) is 0 Å². The predicted octanol–water partition coefficient (Wildman–Crippen LogP) is 3.51. The minimum absolute atomic E-state index is 0.121. The van der Waals surface area contributed by atoms with E-state index in [1.165, 1.54) is 18.9 Å². The van der Waals surface area contributed by atoms with Gasteiger partial charge >= 0.3 is 0 Å². The Bertz CT molecular complexity index is 390. The molecule has 0 amide bonds. The number of rotatable bonds is 4. The number of halogens is 2. The molecule has 1 aromatic rings. The number of hydrogen-bond acceptors (Lipinski definition) is 1. The van der Waals surface area contributed by atoms with Crippen LogP contribution in [0.4, 0.5) is 4.39 Å². The van der Waals surface area contributed by atoms with E-state index in [-0.39, 0.29) is 11.2 Å². The minimum atomic E-state index is -0.173. The third-order valence-corrected chi connectivity index (χ3v) is 4.40. The van der Waals surface area contributed by atoms with Crippen LogP contribution in [0.2, 0.25) is 0 Å². The maximum Gasteiger partial charge on any atom is 0.123 e. The third-order valence-electron chi connectivity index (χ3n) is 3.63. The molecule has 88 valence electrons. The lowest BCUT2D eigenvalue weighted by molar-refractivity contribution is 0.281. The number of benzene rings is 1. The molecule has 1 fully saturated rings. The molecule has 1 nitrogen and oxygen atoms in total. The second kappa shape index (κ2) is 4.46. The SMILES string of the molecule is CC(CN)(Cc1cc(F)ccc1Br)C1CC1. The van der Waals surface area contributed by atoms with Crippen LogP contribution in [-0.4, -0.2) is 6.54 Å². The van der Waals surface area contributed by atoms with Gasteiger partial charge in [-0.15, -0.1) is 0 Å². The van der Waals surface area contributed by atoms with Crippen LogP contribution in [0, 0.1) is 17.2 Å². The maximum atomic E-state index is 13.2. The van der Waals surface area contributed by atoms with Gasteiger partial charge in [0.2, 0.25) is 0 Å². The molecular weight excluding hydrogens is 269 g/mol. The van der Waals surface area contributed by atoms with Crippen molar-refractivity contribution in [3.8, 4) is 0 Å². The first-order chi connectivity index (χ1) is 7.55. The fraction of sp³-hybridized carbons (Fsp3) is 0.538. The Labute approximate surface area is 104 Å². The highest BCUT2D eigenvalue weighted by molar-refractivity contribution is 9.10. The average molecular weight is 286 g/mol. The van der Waals surface area contributed by atoms with E-state index < -0.39 is 0 Å². The zero-order valence-corrected chi connectivity index (χ0v) is 11.1. The van der Waals surface area contributed by atoms with Gasteiger partial charge in [0.25, 0.3) is 0 Å². The van der Waals surface area contributed by atoms with E-state index in [4.69, 9.17) is 5.73 Å². The molecule has 0 radical (unpaired) electrons. The summed E-state index contributed by atoms with van der Waals surface area (Å²) in [6.07, 6.45) is 3.38. The Morgan fingerprint density at radius 1 is 1.50 bits per heavy atom. The van der Waals surface area contributed by atoms with Crippen molar-refractivity contribution in [1.82, 2.24) is 0 Å². The summed E-state index contributed by atoms with van der Waals surface area (Å²) >= 11 is 3.47. The Kier molecular flexibility index (Phi) is 3.36. The summed E-state index contributed by atoms with van der Waals surface area (Å²) in [5, 5.41) is 0. The molecule has 0 aliphatic heterocycles. The molecule has 3 heteroatoms. The molecule has 1 aliphatic carbocycles. The van der Waals surface area contributed by atoms with Crippen molar-refractivity contribution in [2.24, 2.45) is 17.1 Å². The van der Waals surface area contributed by atoms with E-state index in [0.29, 0.717) is 12.5 Å². The van der Waals surface area contributed by atoms with Crippen molar-refractivity contribution in [1.29, 1.82) is 0 Å². The Morgan fingerprint density at radius 2 is 2.19 bits per heavy atom. The van der Waals surface area contributed by atoms with Crippen LogP contribution in [0.15, 0.2) is 22.7 Å². The second-order valence-electron chi connectivity index (χ2n) is 5.04. The van der Waals surface area contributed by atoms with E-state index in [1.807, 2.05) is 0 Å². The van der Waals surface area contributed by atoms with Gasteiger partial charge in [-0.25, -0.2) is 4.39 Å². The number of nitrogens with two attached hydrogens (primary N) is 1. The highest BCUT2D eigenvalue weighted by atomic mass is 79.9.